The summed E-state index contributed by atoms with van der Waals surface area (Å²) in [6.45, 7) is 4.03. The molecule has 6 nitrogen and oxygen atoms in total. The Balaban J connectivity index is 1.80. The highest BCUT2D eigenvalue weighted by atomic mass is 15.4. The lowest BCUT2D eigenvalue weighted by Gasteiger charge is -2.09. The number of pyridine rings is 1. The molecule has 1 aliphatic rings. The third kappa shape index (κ3) is 2.04. The van der Waals surface area contributed by atoms with E-state index in [9.17, 15) is 0 Å². The molecule has 0 aliphatic carbocycles. The molecule has 25 heavy (non-hydrogen) atoms. The minimum atomic E-state index is 0.707. The van der Waals surface area contributed by atoms with Crippen LogP contribution in [0, 0.1) is 13.8 Å². The van der Waals surface area contributed by atoms with Gasteiger partial charge in [0.05, 0.1) is 34.2 Å². The van der Waals surface area contributed by atoms with E-state index < -0.39 is 0 Å². The van der Waals surface area contributed by atoms with Gasteiger partial charge in [-0.25, -0.2) is 9.67 Å². The van der Waals surface area contributed by atoms with Gasteiger partial charge in [-0.3, -0.25) is 9.55 Å². The molecule has 0 spiro atoms. The molecule has 0 saturated heterocycles. The zero-order valence-electron chi connectivity index (χ0n) is 14.0. The fourth-order valence-corrected chi connectivity index (χ4v) is 3.35. The van der Waals surface area contributed by atoms with Gasteiger partial charge in [-0.15, -0.1) is 5.10 Å². The first-order chi connectivity index (χ1) is 12.2. The summed E-state index contributed by atoms with van der Waals surface area (Å²) >= 11 is 0. The van der Waals surface area contributed by atoms with Crippen LogP contribution in [-0.2, 0) is 6.42 Å². The maximum atomic E-state index is 4.68. The second kappa shape index (κ2) is 5.11. The molecule has 4 aromatic rings. The van der Waals surface area contributed by atoms with Crippen LogP contribution in [0.1, 0.15) is 22.6 Å². The van der Waals surface area contributed by atoms with Gasteiger partial charge in [0.25, 0.3) is 0 Å². The lowest BCUT2D eigenvalue weighted by molar-refractivity contribution is 0.777. The number of benzene rings is 1. The monoisotopic (exact) mass is 328 g/mol. The van der Waals surface area contributed by atoms with Gasteiger partial charge in [0, 0.05) is 12.6 Å². The average molecular weight is 328 g/mol. The smallest absolute Gasteiger partial charge is 0.111 e. The normalized spacial score (nSPS) is 12.2. The summed E-state index contributed by atoms with van der Waals surface area (Å²) in [6.07, 6.45) is 4.46. The number of aromatic nitrogens is 6. The predicted molar refractivity (Wildman–Crippen MR) is 94.0 cm³/mol. The molecule has 3 aromatic heterocycles. The predicted octanol–water partition coefficient (Wildman–Crippen LogP) is 3.04. The molecule has 0 N–H and O–H groups in total. The number of hydrogen-bond donors (Lipinski definition) is 0. The molecule has 0 unspecified atom stereocenters. The van der Waals surface area contributed by atoms with Crippen LogP contribution >= 0.6 is 0 Å². The van der Waals surface area contributed by atoms with Gasteiger partial charge in [-0.2, -0.15) is 0 Å². The number of aryl methyl sites for hydroxylation is 2. The number of fused-ring (bicyclic) bond motifs is 5. The molecule has 6 heteroatoms. The molecule has 1 aliphatic heterocycles. The van der Waals surface area contributed by atoms with Crippen LogP contribution in [0.15, 0.2) is 48.9 Å². The SMILES string of the molecule is Cc1ccc(-c2ncn3c2Cc2c(C)nnn2-c2ccccc2-3)nc1. The molecule has 0 fully saturated rings. The molecule has 4 heterocycles. The van der Waals surface area contributed by atoms with E-state index in [1.807, 2.05) is 49.3 Å². The second-order valence-electron chi connectivity index (χ2n) is 6.33. The maximum Gasteiger partial charge on any atom is 0.111 e. The van der Waals surface area contributed by atoms with Crippen molar-refractivity contribution in [2.75, 3.05) is 0 Å². The quantitative estimate of drug-likeness (QED) is 0.474. The Morgan fingerprint density at radius 1 is 0.920 bits per heavy atom. The third-order valence-electron chi connectivity index (χ3n) is 4.68. The minimum absolute atomic E-state index is 0.707. The molecule has 5 rings (SSSR count). The summed E-state index contributed by atoms with van der Waals surface area (Å²) in [4.78, 5) is 9.24. The van der Waals surface area contributed by atoms with E-state index in [-0.39, 0.29) is 0 Å². The van der Waals surface area contributed by atoms with E-state index in [2.05, 4.69) is 43.0 Å². The van der Waals surface area contributed by atoms with Gasteiger partial charge in [0.2, 0.25) is 0 Å². The highest BCUT2D eigenvalue weighted by molar-refractivity contribution is 5.64. The number of para-hydroxylation sites is 2. The van der Waals surface area contributed by atoms with Crippen LogP contribution < -0.4 is 0 Å². The first kappa shape index (κ1) is 14.1. The Kier molecular flexibility index (Phi) is 2.88. The van der Waals surface area contributed by atoms with Crippen LogP contribution in [0.3, 0.4) is 0 Å². The van der Waals surface area contributed by atoms with Crippen molar-refractivity contribution in [3.05, 3.63) is 71.6 Å². The summed E-state index contributed by atoms with van der Waals surface area (Å²) in [5.74, 6) is 0. The Hall–Kier alpha value is -3.28. The largest absolute Gasteiger partial charge is 0.300 e. The lowest BCUT2D eigenvalue weighted by Crippen LogP contribution is -2.03. The van der Waals surface area contributed by atoms with Crippen molar-refractivity contribution < 1.29 is 0 Å². The molecule has 0 bridgehead atoms. The van der Waals surface area contributed by atoms with Crippen molar-refractivity contribution in [3.63, 3.8) is 0 Å². The molecule has 1 aromatic carbocycles. The Morgan fingerprint density at radius 2 is 1.76 bits per heavy atom. The average Bonchev–Trinajstić information content (AvgIpc) is 3.17. The highest BCUT2D eigenvalue weighted by Crippen LogP contribution is 2.32. The third-order valence-corrected chi connectivity index (χ3v) is 4.68. The molecule has 0 radical (unpaired) electrons. The van der Waals surface area contributed by atoms with Crippen LogP contribution in [-0.4, -0.2) is 29.5 Å². The molecule has 0 saturated carbocycles. The van der Waals surface area contributed by atoms with Gasteiger partial charge in [-0.1, -0.05) is 23.4 Å². The Morgan fingerprint density at radius 3 is 2.56 bits per heavy atom. The van der Waals surface area contributed by atoms with Crippen LogP contribution in [0.4, 0.5) is 0 Å². The van der Waals surface area contributed by atoms with Crippen molar-refractivity contribution in [1.82, 2.24) is 29.5 Å². The summed E-state index contributed by atoms with van der Waals surface area (Å²) in [5, 5.41) is 8.63. The zero-order chi connectivity index (χ0) is 17.0. The van der Waals surface area contributed by atoms with E-state index in [1.54, 1.807) is 0 Å². The summed E-state index contributed by atoms with van der Waals surface area (Å²) in [5.41, 5.74) is 8.11. The van der Waals surface area contributed by atoms with Crippen LogP contribution in [0.2, 0.25) is 0 Å². The number of nitrogens with zero attached hydrogens (tertiary/aromatic N) is 6. The van der Waals surface area contributed by atoms with E-state index >= 15 is 0 Å². The number of imidazole rings is 1. The molecular formula is C19H16N6. The summed E-state index contributed by atoms with van der Waals surface area (Å²) in [7, 11) is 0. The number of rotatable bonds is 1. The van der Waals surface area contributed by atoms with Gasteiger partial charge in [0.1, 0.15) is 12.0 Å². The highest BCUT2D eigenvalue weighted by Gasteiger charge is 2.25. The van der Waals surface area contributed by atoms with Crippen LogP contribution in [0.25, 0.3) is 22.8 Å². The van der Waals surface area contributed by atoms with E-state index in [4.69, 9.17) is 0 Å². The van der Waals surface area contributed by atoms with E-state index in [1.165, 1.54) is 0 Å². The van der Waals surface area contributed by atoms with Gasteiger partial charge in [-0.05, 0) is 37.6 Å². The van der Waals surface area contributed by atoms with Crippen molar-refractivity contribution in [1.29, 1.82) is 0 Å². The molecular weight excluding hydrogens is 312 g/mol. The van der Waals surface area contributed by atoms with Gasteiger partial charge >= 0.3 is 0 Å². The van der Waals surface area contributed by atoms with E-state index in [0.29, 0.717) is 6.42 Å². The van der Waals surface area contributed by atoms with Crippen molar-refractivity contribution in [2.45, 2.75) is 20.3 Å². The zero-order valence-corrected chi connectivity index (χ0v) is 14.0. The van der Waals surface area contributed by atoms with Gasteiger partial charge in [0.15, 0.2) is 0 Å². The molecule has 0 amide bonds. The summed E-state index contributed by atoms with van der Waals surface area (Å²) < 4.78 is 4.07. The molecule has 122 valence electrons. The first-order valence-corrected chi connectivity index (χ1v) is 8.22. The molecule has 0 atom stereocenters. The second-order valence-corrected chi connectivity index (χ2v) is 6.33. The minimum Gasteiger partial charge on any atom is -0.300 e. The van der Waals surface area contributed by atoms with Crippen molar-refractivity contribution in [2.24, 2.45) is 0 Å². The number of hydrogen-bond acceptors (Lipinski definition) is 4. The summed E-state index contributed by atoms with van der Waals surface area (Å²) in [6, 6.07) is 12.3. The first-order valence-electron chi connectivity index (χ1n) is 8.22. The van der Waals surface area contributed by atoms with Gasteiger partial charge < -0.3 is 0 Å². The maximum absolute atomic E-state index is 4.68. The fraction of sp³-hybridized carbons (Fsp3) is 0.158. The fourth-order valence-electron chi connectivity index (χ4n) is 3.35. The Labute approximate surface area is 144 Å². The van der Waals surface area contributed by atoms with Crippen molar-refractivity contribution in [3.8, 4) is 22.8 Å². The topological polar surface area (TPSA) is 61.4 Å². The van der Waals surface area contributed by atoms with Crippen molar-refractivity contribution >= 4 is 0 Å². The van der Waals surface area contributed by atoms with E-state index in [0.717, 1.165) is 45.4 Å². The standard InChI is InChI=1S/C19H16N6/c1-12-7-8-14(20-10-12)19-18-9-17-13(2)22-23-25(17)16-6-4-3-5-15(16)24(18)11-21-19/h3-8,10-11H,9H2,1-2H3. The van der Waals surface area contributed by atoms with Crippen LogP contribution in [0.5, 0.6) is 0 Å². The lowest BCUT2D eigenvalue weighted by atomic mass is 10.1. The Bertz CT molecular complexity index is 1090.